The Bertz CT molecular complexity index is 256. The minimum Gasteiger partial charge on any atom is -0.314 e. The summed E-state index contributed by atoms with van der Waals surface area (Å²) in [5.74, 6) is 2.79. The van der Waals surface area contributed by atoms with E-state index >= 15 is 0 Å². The molecule has 0 amide bonds. The third-order valence-corrected chi connectivity index (χ3v) is 5.55. The third-order valence-electron chi connectivity index (χ3n) is 5.55. The van der Waals surface area contributed by atoms with Crippen molar-refractivity contribution in [3.63, 3.8) is 0 Å². The van der Waals surface area contributed by atoms with Crippen LogP contribution in [0, 0.1) is 17.8 Å². The lowest BCUT2D eigenvalue weighted by atomic mass is 9.78. The summed E-state index contributed by atoms with van der Waals surface area (Å²) in [5.41, 5.74) is 0. The summed E-state index contributed by atoms with van der Waals surface area (Å²) in [5, 5.41) is 3.60. The molecule has 0 aromatic carbocycles. The highest BCUT2D eigenvalue weighted by Crippen LogP contribution is 2.33. The minimum absolute atomic E-state index is 0.638. The maximum atomic E-state index is 3.60. The predicted octanol–water partition coefficient (Wildman–Crippen LogP) is 3.52. The molecule has 2 nitrogen and oxygen atoms in total. The van der Waals surface area contributed by atoms with E-state index in [2.05, 4.69) is 37.9 Å². The number of hydrogen-bond donors (Lipinski definition) is 1. The molecule has 0 bridgehead atoms. The van der Waals surface area contributed by atoms with E-state index in [1.54, 1.807) is 0 Å². The molecule has 0 spiro atoms. The van der Waals surface area contributed by atoms with Gasteiger partial charge in [0.05, 0.1) is 0 Å². The van der Waals surface area contributed by atoms with Crippen molar-refractivity contribution in [3.8, 4) is 0 Å². The molecule has 2 aliphatic rings. The van der Waals surface area contributed by atoms with E-state index in [1.165, 1.54) is 51.7 Å². The number of rotatable bonds is 4. The topological polar surface area (TPSA) is 15.3 Å². The van der Waals surface area contributed by atoms with Crippen molar-refractivity contribution in [1.82, 2.24) is 10.2 Å². The van der Waals surface area contributed by atoms with Gasteiger partial charge in [0.15, 0.2) is 0 Å². The second kappa shape index (κ2) is 7.08. The molecule has 1 saturated heterocycles. The van der Waals surface area contributed by atoms with Crippen LogP contribution < -0.4 is 5.32 Å². The van der Waals surface area contributed by atoms with Gasteiger partial charge in [-0.15, -0.1) is 0 Å². The first-order valence-corrected chi connectivity index (χ1v) is 8.53. The summed E-state index contributed by atoms with van der Waals surface area (Å²) in [6.45, 7) is 13.3. The highest BCUT2D eigenvalue weighted by atomic mass is 15.2. The lowest BCUT2D eigenvalue weighted by Gasteiger charge is -2.42. The Morgan fingerprint density at radius 1 is 1.00 bits per heavy atom. The summed E-state index contributed by atoms with van der Waals surface area (Å²) >= 11 is 0. The fourth-order valence-electron chi connectivity index (χ4n) is 3.78. The molecule has 2 heteroatoms. The maximum Gasteiger partial charge on any atom is 0.00979 e. The van der Waals surface area contributed by atoms with Crippen molar-refractivity contribution in [2.45, 2.75) is 71.9 Å². The van der Waals surface area contributed by atoms with Crippen molar-refractivity contribution in [2.75, 3.05) is 19.6 Å². The van der Waals surface area contributed by atoms with Crippen molar-refractivity contribution < 1.29 is 0 Å². The number of likely N-dealkylation sites (tertiary alicyclic amines) is 1. The van der Waals surface area contributed by atoms with Gasteiger partial charge in [-0.3, -0.25) is 0 Å². The first-order valence-electron chi connectivity index (χ1n) is 8.53. The molecular weight excluding hydrogens is 232 g/mol. The van der Waals surface area contributed by atoms with Crippen molar-refractivity contribution in [3.05, 3.63) is 0 Å². The van der Waals surface area contributed by atoms with E-state index in [1.807, 2.05) is 0 Å². The number of nitrogens with one attached hydrogen (secondary N) is 1. The van der Waals surface area contributed by atoms with Gasteiger partial charge in [-0.25, -0.2) is 0 Å². The Labute approximate surface area is 120 Å². The molecule has 0 radical (unpaired) electrons. The smallest absolute Gasteiger partial charge is 0.00979 e. The Hall–Kier alpha value is -0.0800. The molecule has 3 atom stereocenters. The number of hydrogen-bond acceptors (Lipinski definition) is 2. The fraction of sp³-hybridized carbons (Fsp3) is 1.00. The van der Waals surface area contributed by atoms with Crippen LogP contribution in [-0.4, -0.2) is 36.6 Å². The van der Waals surface area contributed by atoms with Crippen molar-refractivity contribution in [2.24, 2.45) is 17.8 Å². The quantitative estimate of drug-likeness (QED) is 0.837. The monoisotopic (exact) mass is 266 g/mol. The summed E-state index contributed by atoms with van der Waals surface area (Å²) in [6, 6.07) is 1.53. The van der Waals surface area contributed by atoms with Crippen LogP contribution in [0.1, 0.15) is 59.8 Å². The summed E-state index contributed by atoms with van der Waals surface area (Å²) in [7, 11) is 0. The Morgan fingerprint density at radius 3 is 2.26 bits per heavy atom. The average Bonchev–Trinajstić information content (AvgIpc) is 2.40. The summed E-state index contributed by atoms with van der Waals surface area (Å²) in [4.78, 5) is 2.80. The molecule has 1 saturated carbocycles. The molecule has 0 aromatic heterocycles. The van der Waals surface area contributed by atoms with E-state index in [9.17, 15) is 0 Å². The van der Waals surface area contributed by atoms with Crippen molar-refractivity contribution >= 4 is 0 Å². The van der Waals surface area contributed by atoms with E-state index in [0.717, 1.165) is 23.8 Å². The van der Waals surface area contributed by atoms with E-state index in [0.29, 0.717) is 6.04 Å². The molecule has 112 valence electrons. The van der Waals surface area contributed by atoms with Gasteiger partial charge in [0.25, 0.3) is 0 Å². The first-order chi connectivity index (χ1) is 9.06. The Kier molecular flexibility index (Phi) is 5.70. The summed E-state index contributed by atoms with van der Waals surface area (Å²) < 4.78 is 0. The number of nitrogens with zero attached hydrogens (tertiary/aromatic N) is 1. The highest BCUT2D eigenvalue weighted by Gasteiger charge is 2.30. The van der Waals surface area contributed by atoms with Gasteiger partial charge in [-0.2, -0.15) is 0 Å². The molecular formula is C17H34N2. The fourth-order valence-corrected chi connectivity index (χ4v) is 3.78. The Balaban J connectivity index is 1.71. The normalized spacial score (nSPS) is 34.9. The molecule has 2 rings (SSSR count). The second-order valence-electron chi connectivity index (χ2n) is 7.46. The zero-order valence-corrected chi connectivity index (χ0v) is 13.5. The van der Waals surface area contributed by atoms with Crippen LogP contribution in [-0.2, 0) is 0 Å². The lowest BCUT2D eigenvalue weighted by Crippen LogP contribution is -2.46. The third kappa shape index (κ3) is 4.46. The van der Waals surface area contributed by atoms with Crippen LogP contribution in [0.4, 0.5) is 0 Å². The van der Waals surface area contributed by atoms with Crippen LogP contribution >= 0.6 is 0 Å². The standard InChI is InChI=1S/C17H34N2/c1-13(2)18-12-16-7-9-19(10-8-16)17-6-5-14(3)15(4)11-17/h13-18H,5-12H2,1-4H3. The first kappa shape index (κ1) is 15.3. The molecule has 1 aliphatic carbocycles. The highest BCUT2D eigenvalue weighted by molar-refractivity contribution is 4.85. The van der Waals surface area contributed by atoms with Crippen LogP contribution in [0.5, 0.6) is 0 Å². The number of piperidine rings is 1. The molecule has 2 fully saturated rings. The van der Waals surface area contributed by atoms with E-state index < -0.39 is 0 Å². The van der Waals surface area contributed by atoms with Gasteiger partial charge in [0, 0.05) is 12.1 Å². The second-order valence-corrected chi connectivity index (χ2v) is 7.46. The molecule has 1 aliphatic heterocycles. The minimum atomic E-state index is 0.638. The van der Waals surface area contributed by atoms with Crippen LogP contribution in [0.15, 0.2) is 0 Å². The lowest BCUT2D eigenvalue weighted by molar-refractivity contribution is 0.0755. The predicted molar refractivity (Wildman–Crippen MR) is 83.4 cm³/mol. The molecule has 1 N–H and O–H groups in total. The SMILES string of the molecule is CC(C)NCC1CCN(C2CCC(C)C(C)C2)CC1. The van der Waals surface area contributed by atoms with Gasteiger partial charge < -0.3 is 10.2 Å². The molecule has 19 heavy (non-hydrogen) atoms. The Morgan fingerprint density at radius 2 is 1.68 bits per heavy atom. The summed E-state index contributed by atoms with van der Waals surface area (Å²) in [6.07, 6.45) is 7.14. The van der Waals surface area contributed by atoms with Crippen molar-refractivity contribution in [1.29, 1.82) is 0 Å². The zero-order valence-electron chi connectivity index (χ0n) is 13.5. The van der Waals surface area contributed by atoms with Gasteiger partial charge in [-0.05, 0) is 69.5 Å². The van der Waals surface area contributed by atoms with Crippen LogP contribution in [0.2, 0.25) is 0 Å². The van der Waals surface area contributed by atoms with Crippen LogP contribution in [0.3, 0.4) is 0 Å². The van der Waals surface area contributed by atoms with Gasteiger partial charge in [0.2, 0.25) is 0 Å². The molecule has 1 heterocycles. The molecule has 3 unspecified atom stereocenters. The van der Waals surface area contributed by atoms with E-state index in [4.69, 9.17) is 0 Å². The van der Waals surface area contributed by atoms with Gasteiger partial charge in [0.1, 0.15) is 0 Å². The van der Waals surface area contributed by atoms with Gasteiger partial charge >= 0.3 is 0 Å². The molecule has 0 aromatic rings. The van der Waals surface area contributed by atoms with E-state index in [-0.39, 0.29) is 0 Å². The zero-order chi connectivity index (χ0) is 13.8. The van der Waals surface area contributed by atoms with Gasteiger partial charge in [-0.1, -0.05) is 27.7 Å². The maximum absolute atomic E-state index is 3.60. The largest absolute Gasteiger partial charge is 0.314 e. The van der Waals surface area contributed by atoms with Crippen LogP contribution in [0.25, 0.3) is 0 Å². The average molecular weight is 266 g/mol.